The van der Waals surface area contributed by atoms with E-state index < -0.39 is 0 Å². The summed E-state index contributed by atoms with van der Waals surface area (Å²) in [4.78, 5) is 2.58. The van der Waals surface area contributed by atoms with E-state index in [9.17, 15) is 5.11 Å². The Morgan fingerprint density at radius 1 is 1.12 bits per heavy atom. The lowest BCUT2D eigenvalue weighted by Crippen LogP contribution is -2.34. The number of hydrogen-bond acceptors (Lipinski definition) is 4. The standard InChI is InChI=1S/C21H34N2O2.ClH/c22-11-3-4-12-23-13-9-18(10-14-23)20-8-7-17-5-1-2-6-19(17)21(20)25-16-15-24;/h7-8,18,24H,1-6,9-16,22H2;1H. The van der Waals surface area contributed by atoms with E-state index in [1.54, 1.807) is 0 Å². The van der Waals surface area contributed by atoms with Crippen LogP contribution in [-0.4, -0.2) is 49.4 Å². The molecule has 3 N–H and O–H groups in total. The number of nitrogens with two attached hydrogens (primary N) is 1. The molecule has 1 fully saturated rings. The van der Waals surface area contributed by atoms with Gasteiger partial charge in [0.05, 0.1) is 6.61 Å². The van der Waals surface area contributed by atoms with Crippen LogP contribution in [0.15, 0.2) is 12.1 Å². The van der Waals surface area contributed by atoms with E-state index in [1.165, 1.54) is 74.8 Å². The topological polar surface area (TPSA) is 58.7 Å². The molecule has 1 aromatic rings. The van der Waals surface area contributed by atoms with Crippen LogP contribution in [0.4, 0.5) is 0 Å². The molecule has 1 heterocycles. The summed E-state index contributed by atoms with van der Waals surface area (Å²) in [7, 11) is 0. The SMILES string of the molecule is Cl.NCCCCN1CCC(c2ccc3c(c2OCCO)CCCC3)CC1. The number of hydrogen-bond donors (Lipinski definition) is 2. The second kappa shape index (κ2) is 11.1. The molecule has 0 aromatic heterocycles. The van der Waals surface area contributed by atoms with Crippen LogP contribution >= 0.6 is 12.4 Å². The number of likely N-dealkylation sites (tertiary alicyclic amines) is 1. The van der Waals surface area contributed by atoms with Crippen LogP contribution in [0.2, 0.25) is 0 Å². The molecule has 26 heavy (non-hydrogen) atoms. The molecule has 0 unspecified atom stereocenters. The van der Waals surface area contributed by atoms with Gasteiger partial charge < -0.3 is 20.5 Å². The van der Waals surface area contributed by atoms with E-state index in [4.69, 9.17) is 10.5 Å². The van der Waals surface area contributed by atoms with Gasteiger partial charge in [0.1, 0.15) is 12.4 Å². The van der Waals surface area contributed by atoms with E-state index in [1.807, 2.05) is 0 Å². The van der Waals surface area contributed by atoms with Crippen molar-refractivity contribution in [2.24, 2.45) is 5.73 Å². The number of aliphatic hydroxyl groups is 1. The maximum atomic E-state index is 9.23. The van der Waals surface area contributed by atoms with E-state index >= 15 is 0 Å². The molecule has 0 bridgehead atoms. The molecule has 0 amide bonds. The van der Waals surface area contributed by atoms with Crippen molar-refractivity contribution in [3.63, 3.8) is 0 Å². The van der Waals surface area contributed by atoms with Crippen LogP contribution in [-0.2, 0) is 12.8 Å². The van der Waals surface area contributed by atoms with Crippen molar-refractivity contribution in [1.29, 1.82) is 0 Å². The van der Waals surface area contributed by atoms with Crippen LogP contribution in [0.1, 0.15) is 61.1 Å². The Labute approximate surface area is 164 Å². The van der Waals surface area contributed by atoms with Gasteiger partial charge in [-0.2, -0.15) is 0 Å². The van der Waals surface area contributed by atoms with Gasteiger partial charge in [0, 0.05) is 0 Å². The number of piperidine rings is 1. The lowest BCUT2D eigenvalue weighted by atomic mass is 9.83. The predicted molar refractivity (Wildman–Crippen MR) is 110 cm³/mol. The maximum Gasteiger partial charge on any atom is 0.126 e. The molecule has 0 atom stereocenters. The molecule has 1 aromatic carbocycles. The van der Waals surface area contributed by atoms with Gasteiger partial charge in [-0.05, 0) is 100 Å². The molecule has 3 rings (SSSR count). The van der Waals surface area contributed by atoms with E-state index in [-0.39, 0.29) is 19.0 Å². The Morgan fingerprint density at radius 3 is 2.62 bits per heavy atom. The Bertz CT molecular complexity index is 545. The largest absolute Gasteiger partial charge is 0.491 e. The smallest absolute Gasteiger partial charge is 0.126 e. The summed E-state index contributed by atoms with van der Waals surface area (Å²) in [6.45, 7) is 4.82. The maximum absolute atomic E-state index is 9.23. The van der Waals surface area contributed by atoms with Crippen LogP contribution in [0.5, 0.6) is 5.75 Å². The van der Waals surface area contributed by atoms with Crippen molar-refractivity contribution in [2.75, 3.05) is 39.4 Å². The number of aryl methyl sites for hydroxylation is 1. The summed E-state index contributed by atoms with van der Waals surface area (Å²) >= 11 is 0. The fourth-order valence-corrected chi connectivity index (χ4v) is 4.40. The van der Waals surface area contributed by atoms with Crippen molar-refractivity contribution in [2.45, 2.75) is 57.3 Å². The molecule has 0 spiro atoms. The Balaban J connectivity index is 0.00000243. The van der Waals surface area contributed by atoms with Crippen molar-refractivity contribution in [3.05, 3.63) is 28.8 Å². The minimum absolute atomic E-state index is 0. The van der Waals surface area contributed by atoms with Gasteiger partial charge in [-0.25, -0.2) is 0 Å². The lowest BCUT2D eigenvalue weighted by molar-refractivity contribution is 0.190. The fourth-order valence-electron chi connectivity index (χ4n) is 4.40. The highest BCUT2D eigenvalue weighted by Gasteiger charge is 2.26. The quantitative estimate of drug-likeness (QED) is 0.677. The van der Waals surface area contributed by atoms with Crippen LogP contribution in [0, 0.1) is 0 Å². The molecular formula is C21H35ClN2O2. The molecule has 5 heteroatoms. The number of fused-ring (bicyclic) bond motifs is 1. The van der Waals surface area contributed by atoms with E-state index in [2.05, 4.69) is 17.0 Å². The third kappa shape index (κ3) is 5.35. The third-order valence-electron chi connectivity index (χ3n) is 5.80. The summed E-state index contributed by atoms with van der Waals surface area (Å²) in [5.74, 6) is 1.69. The first-order chi connectivity index (χ1) is 12.3. The number of ether oxygens (including phenoxy) is 1. The Morgan fingerprint density at radius 2 is 1.88 bits per heavy atom. The van der Waals surface area contributed by atoms with Gasteiger partial charge >= 0.3 is 0 Å². The third-order valence-corrected chi connectivity index (χ3v) is 5.80. The Hall–Kier alpha value is -0.810. The molecule has 0 saturated carbocycles. The number of unbranched alkanes of at least 4 members (excludes halogenated alkanes) is 1. The van der Waals surface area contributed by atoms with Gasteiger partial charge in [0.2, 0.25) is 0 Å². The van der Waals surface area contributed by atoms with E-state index in [0.717, 1.165) is 25.1 Å². The zero-order valence-corrected chi connectivity index (χ0v) is 16.7. The summed E-state index contributed by atoms with van der Waals surface area (Å²) in [6, 6.07) is 4.65. The second-order valence-electron chi connectivity index (χ2n) is 7.51. The fraction of sp³-hybridized carbons (Fsp3) is 0.714. The number of halogens is 1. The number of benzene rings is 1. The van der Waals surface area contributed by atoms with Gasteiger partial charge in [-0.15, -0.1) is 12.4 Å². The van der Waals surface area contributed by atoms with Crippen molar-refractivity contribution in [1.82, 2.24) is 4.90 Å². The molecule has 1 aliphatic carbocycles. The highest BCUT2D eigenvalue weighted by atomic mass is 35.5. The van der Waals surface area contributed by atoms with Crippen molar-refractivity contribution >= 4 is 12.4 Å². The first-order valence-corrected chi connectivity index (χ1v) is 10.1. The molecule has 0 radical (unpaired) electrons. The second-order valence-corrected chi connectivity index (χ2v) is 7.51. The summed E-state index contributed by atoms with van der Waals surface area (Å²) in [5.41, 5.74) is 9.87. The summed E-state index contributed by atoms with van der Waals surface area (Å²) in [6.07, 6.45) is 9.59. The summed E-state index contributed by atoms with van der Waals surface area (Å²) < 4.78 is 6.07. The first-order valence-electron chi connectivity index (χ1n) is 10.1. The van der Waals surface area contributed by atoms with Gasteiger partial charge in [-0.1, -0.05) is 12.1 Å². The van der Waals surface area contributed by atoms with Gasteiger partial charge in [0.25, 0.3) is 0 Å². The minimum Gasteiger partial charge on any atom is -0.491 e. The number of rotatable bonds is 8. The minimum atomic E-state index is 0. The molecular weight excluding hydrogens is 348 g/mol. The van der Waals surface area contributed by atoms with Crippen LogP contribution in [0.25, 0.3) is 0 Å². The molecule has 1 aliphatic heterocycles. The average Bonchev–Trinajstić information content (AvgIpc) is 2.67. The predicted octanol–water partition coefficient (Wildman–Crippen LogP) is 3.28. The van der Waals surface area contributed by atoms with Crippen molar-refractivity contribution in [3.8, 4) is 5.75 Å². The van der Waals surface area contributed by atoms with E-state index in [0.29, 0.717) is 12.5 Å². The molecule has 2 aliphatic rings. The molecule has 4 nitrogen and oxygen atoms in total. The Kier molecular flexibility index (Phi) is 9.20. The first kappa shape index (κ1) is 21.5. The number of aliphatic hydroxyl groups excluding tert-OH is 1. The molecule has 1 saturated heterocycles. The van der Waals surface area contributed by atoms with Crippen molar-refractivity contribution < 1.29 is 9.84 Å². The van der Waals surface area contributed by atoms with Gasteiger partial charge in [0.15, 0.2) is 0 Å². The van der Waals surface area contributed by atoms with Gasteiger partial charge in [-0.3, -0.25) is 0 Å². The highest BCUT2D eigenvalue weighted by Crippen LogP contribution is 2.40. The average molecular weight is 383 g/mol. The monoisotopic (exact) mass is 382 g/mol. The zero-order chi connectivity index (χ0) is 17.5. The highest BCUT2D eigenvalue weighted by molar-refractivity contribution is 5.85. The lowest BCUT2D eigenvalue weighted by Gasteiger charge is -2.34. The van der Waals surface area contributed by atoms with Crippen LogP contribution in [0.3, 0.4) is 0 Å². The normalized spacial score (nSPS) is 18.2. The zero-order valence-electron chi connectivity index (χ0n) is 15.9. The summed E-state index contributed by atoms with van der Waals surface area (Å²) in [5, 5.41) is 9.23. The number of nitrogens with zero attached hydrogens (tertiary/aromatic N) is 1. The van der Waals surface area contributed by atoms with Crippen LogP contribution < -0.4 is 10.5 Å². The molecule has 148 valence electrons.